The highest BCUT2D eigenvalue weighted by atomic mass is 16.9. The van der Waals surface area contributed by atoms with Gasteiger partial charge in [-0.05, 0) is 37.2 Å². The SMILES string of the molecule is CC[C@H](C)[C@](Cc1ccccc1)(N=C[C@H]1O[C@@H]2OC3(CCCCC3)O[C@@H]2[C@H]2OC3(CCCCC3)O[C@H]21)C(=O)OC. The van der Waals surface area contributed by atoms with Crippen LogP contribution < -0.4 is 0 Å². The highest BCUT2D eigenvalue weighted by Crippen LogP contribution is 2.50. The molecule has 6 rings (SSSR count). The summed E-state index contributed by atoms with van der Waals surface area (Å²) in [4.78, 5) is 18.6. The van der Waals surface area contributed by atoms with Crippen LogP contribution in [0.25, 0.3) is 0 Å². The van der Waals surface area contributed by atoms with Crippen molar-refractivity contribution >= 4 is 12.2 Å². The number of nitrogens with zero attached hydrogens (tertiary/aromatic N) is 1. The first-order valence-electron chi connectivity index (χ1n) is 15.5. The first kappa shape index (κ1) is 28.3. The molecule has 220 valence electrons. The number of methoxy groups -OCH3 is 1. The van der Waals surface area contributed by atoms with Crippen LogP contribution in [0.3, 0.4) is 0 Å². The lowest BCUT2D eigenvalue weighted by Gasteiger charge is -2.37. The molecule has 3 heterocycles. The van der Waals surface area contributed by atoms with Gasteiger partial charge < -0.3 is 28.4 Å². The lowest BCUT2D eigenvalue weighted by atomic mass is 9.78. The van der Waals surface area contributed by atoms with E-state index >= 15 is 0 Å². The molecule has 2 aliphatic carbocycles. The van der Waals surface area contributed by atoms with Crippen molar-refractivity contribution < 1.29 is 33.2 Å². The second-order valence-electron chi connectivity index (χ2n) is 12.4. The summed E-state index contributed by atoms with van der Waals surface area (Å²) in [5, 5.41) is 0. The zero-order chi connectivity index (χ0) is 27.8. The first-order chi connectivity index (χ1) is 19.4. The van der Waals surface area contributed by atoms with Gasteiger partial charge in [-0.25, -0.2) is 4.79 Å². The van der Waals surface area contributed by atoms with Gasteiger partial charge in [0.1, 0.15) is 24.4 Å². The van der Waals surface area contributed by atoms with Gasteiger partial charge in [0.2, 0.25) is 0 Å². The van der Waals surface area contributed by atoms with Gasteiger partial charge in [-0.1, -0.05) is 63.4 Å². The maximum absolute atomic E-state index is 13.5. The minimum atomic E-state index is -1.10. The molecule has 5 fully saturated rings. The lowest BCUT2D eigenvalue weighted by molar-refractivity contribution is -0.240. The van der Waals surface area contributed by atoms with Crippen molar-refractivity contribution in [2.75, 3.05) is 7.11 Å². The van der Waals surface area contributed by atoms with Crippen molar-refractivity contribution in [1.82, 2.24) is 0 Å². The molecule has 1 aromatic rings. The van der Waals surface area contributed by atoms with Gasteiger partial charge in [0.25, 0.3) is 0 Å². The first-order valence-corrected chi connectivity index (χ1v) is 15.5. The number of hydrogen-bond acceptors (Lipinski definition) is 8. The van der Waals surface area contributed by atoms with E-state index in [-0.39, 0.29) is 24.1 Å². The third-order valence-corrected chi connectivity index (χ3v) is 9.88. The molecule has 40 heavy (non-hydrogen) atoms. The van der Waals surface area contributed by atoms with Gasteiger partial charge in [-0.15, -0.1) is 0 Å². The number of fused-ring (bicyclic) bond motifs is 3. The monoisotopic (exact) mass is 555 g/mol. The number of aliphatic imine (C=N–C) groups is 1. The van der Waals surface area contributed by atoms with Crippen molar-refractivity contribution in [3.05, 3.63) is 35.9 Å². The largest absolute Gasteiger partial charge is 0.467 e. The average Bonchev–Trinajstić information content (AvgIpc) is 3.53. The minimum absolute atomic E-state index is 0.0643. The highest BCUT2D eigenvalue weighted by Gasteiger charge is 2.64. The number of carbonyl (C=O) groups excluding carboxylic acids is 1. The number of hydrogen-bond donors (Lipinski definition) is 0. The van der Waals surface area contributed by atoms with E-state index in [4.69, 9.17) is 33.4 Å². The summed E-state index contributed by atoms with van der Waals surface area (Å²) in [7, 11) is 1.44. The molecule has 0 bridgehead atoms. The van der Waals surface area contributed by atoms with Crippen molar-refractivity contribution in [2.24, 2.45) is 10.9 Å². The predicted octanol–water partition coefficient (Wildman–Crippen LogP) is 5.50. The Balaban J connectivity index is 1.33. The highest BCUT2D eigenvalue weighted by molar-refractivity contribution is 5.84. The Labute approximate surface area is 238 Å². The maximum Gasteiger partial charge on any atom is 0.334 e. The van der Waals surface area contributed by atoms with E-state index in [1.54, 1.807) is 6.21 Å². The van der Waals surface area contributed by atoms with E-state index in [1.807, 2.05) is 30.3 Å². The smallest absolute Gasteiger partial charge is 0.334 e. The van der Waals surface area contributed by atoms with Gasteiger partial charge in [0.15, 0.2) is 23.4 Å². The number of ether oxygens (including phenoxy) is 6. The summed E-state index contributed by atoms with van der Waals surface area (Å²) < 4.78 is 38.7. The van der Waals surface area contributed by atoms with E-state index < -0.39 is 35.6 Å². The molecule has 0 amide bonds. The van der Waals surface area contributed by atoms with Crippen LogP contribution in [0.1, 0.15) is 90.0 Å². The Hall–Kier alpha value is -1.84. The Bertz CT molecular complexity index is 1050. The zero-order valence-electron chi connectivity index (χ0n) is 24.2. The van der Waals surface area contributed by atoms with Crippen LogP contribution in [0.5, 0.6) is 0 Å². The van der Waals surface area contributed by atoms with Crippen LogP contribution in [-0.2, 0) is 39.6 Å². The van der Waals surface area contributed by atoms with E-state index in [9.17, 15) is 4.79 Å². The molecule has 3 aliphatic heterocycles. The molecule has 0 aromatic heterocycles. The van der Waals surface area contributed by atoms with E-state index in [1.165, 1.54) is 20.0 Å². The summed E-state index contributed by atoms with van der Waals surface area (Å²) >= 11 is 0. The molecular weight excluding hydrogens is 510 g/mol. The fourth-order valence-electron chi connectivity index (χ4n) is 7.41. The molecule has 7 atom stereocenters. The second-order valence-corrected chi connectivity index (χ2v) is 12.4. The summed E-state index contributed by atoms with van der Waals surface area (Å²) in [6.45, 7) is 4.14. The van der Waals surface area contributed by atoms with E-state index in [2.05, 4.69) is 13.8 Å². The van der Waals surface area contributed by atoms with Crippen LogP contribution in [0.15, 0.2) is 35.3 Å². The van der Waals surface area contributed by atoms with Crippen molar-refractivity contribution in [3.8, 4) is 0 Å². The predicted molar refractivity (Wildman–Crippen MR) is 149 cm³/mol. The standard InChI is InChI=1S/C32H45NO7/c1-4-22(2)32(29(34)35-3,20-23-14-8-5-9-15-23)33-21-24-25-26(38-30(37-25)16-10-6-11-17-30)27-28(36-24)40-31(39-27)18-12-7-13-19-31/h5,8-9,14-15,21-22,24-28H,4,6-7,10-13,16-20H2,1-3H3/t22-,24+,25-,26-,27+,28+,32-/m0/s1. The molecule has 2 spiro atoms. The maximum atomic E-state index is 13.5. The van der Waals surface area contributed by atoms with Gasteiger partial charge in [-0.3, -0.25) is 4.99 Å². The summed E-state index contributed by atoms with van der Waals surface area (Å²) in [6.07, 6.45) is 10.9. The number of benzene rings is 1. The van der Waals surface area contributed by atoms with E-state index in [0.717, 1.165) is 63.4 Å². The van der Waals surface area contributed by atoms with Crippen LogP contribution in [0, 0.1) is 5.92 Å². The summed E-state index contributed by atoms with van der Waals surface area (Å²) in [5.74, 6) is -1.65. The number of carbonyl (C=O) groups is 1. The average molecular weight is 556 g/mol. The summed E-state index contributed by atoms with van der Waals surface area (Å²) in [5.41, 5.74) is -0.0681. The van der Waals surface area contributed by atoms with Crippen LogP contribution in [-0.4, -0.2) is 67.1 Å². The zero-order valence-corrected chi connectivity index (χ0v) is 24.2. The Kier molecular flexibility index (Phi) is 8.09. The lowest BCUT2D eigenvalue weighted by Crippen LogP contribution is -2.56. The van der Waals surface area contributed by atoms with Gasteiger partial charge in [0.05, 0.1) is 7.11 Å². The second kappa shape index (κ2) is 11.4. The van der Waals surface area contributed by atoms with Crippen molar-refractivity contribution in [2.45, 2.75) is 139 Å². The molecular formula is C32H45NO7. The van der Waals surface area contributed by atoms with Gasteiger partial charge >= 0.3 is 5.97 Å². The Morgan fingerprint density at radius 2 is 1.55 bits per heavy atom. The fourth-order valence-corrected chi connectivity index (χ4v) is 7.41. The van der Waals surface area contributed by atoms with Crippen molar-refractivity contribution in [1.29, 1.82) is 0 Å². The molecule has 5 aliphatic rings. The Morgan fingerprint density at radius 3 is 2.17 bits per heavy atom. The quantitative estimate of drug-likeness (QED) is 0.324. The van der Waals surface area contributed by atoms with Crippen LogP contribution in [0.4, 0.5) is 0 Å². The van der Waals surface area contributed by atoms with E-state index in [0.29, 0.717) is 6.42 Å². The molecule has 0 unspecified atom stereocenters. The van der Waals surface area contributed by atoms with Gasteiger partial charge in [0, 0.05) is 38.3 Å². The molecule has 1 aromatic carbocycles. The molecule has 8 heteroatoms. The van der Waals surface area contributed by atoms with Crippen LogP contribution in [0.2, 0.25) is 0 Å². The van der Waals surface area contributed by atoms with Crippen molar-refractivity contribution in [3.63, 3.8) is 0 Å². The minimum Gasteiger partial charge on any atom is -0.467 e. The third-order valence-electron chi connectivity index (χ3n) is 9.88. The summed E-state index contributed by atoms with van der Waals surface area (Å²) in [6, 6.07) is 10.0. The van der Waals surface area contributed by atoms with Crippen LogP contribution >= 0.6 is 0 Å². The topological polar surface area (TPSA) is 84.8 Å². The fraction of sp³-hybridized carbons (Fsp3) is 0.750. The van der Waals surface area contributed by atoms with Gasteiger partial charge in [-0.2, -0.15) is 0 Å². The molecule has 0 radical (unpaired) electrons. The number of rotatable bonds is 7. The Morgan fingerprint density at radius 1 is 0.950 bits per heavy atom. The number of esters is 1. The molecule has 0 N–H and O–H groups in total. The molecule has 3 saturated heterocycles. The molecule has 8 nitrogen and oxygen atoms in total. The third kappa shape index (κ3) is 5.15. The molecule has 2 saturated carbocycles. The normalized spacial score (nSPS) is 34.8.